The molecule has 2 atom stereocenters. The summed E-state index contributed by atoms with van der Waals surface area (Å²) in [5, 5.41) is 4.42. The van der Waals surface area contributed by atoms with Crippen molar-refractivity contribution in [2.24, 2.45) is 5.41 Å². The van der Waals surface area contributed by atoms with Gasteiger partial charge in [0.15, 0.2) is 10.7 Å². The van der Waals surface area contributed by atoms with Gasteiger partial charge >= 0.3 is 18.2 Å². The fourth-order valence-corrected chi connectivity index (χ4v) is 8.71. The molecule has 1 spiro atoms. The van der Waals surface area contributed by atoms with Crippen LogP contribution >= 0.6 is 0 Å². The highest BCUT2D eigenvalue weighted by molar-refractivity contribution is 7.72. The molecule has 19 heteroatoms. The van der Waals surface area contributed by atoms with Gasteiger partial charge in [0.05, 0.1) is 23.9 Å². The Morgan fingerprint density at radius 1 is 1.02 bits per heavy atom. The lowest BCUT2D eigenvalue weighted by Gasteiger charge is -2.39. The topological polar surface area (TPSA) is 175 Å². The van der Waals surface area contributed by atoms with Gasteiger partial charge in [-0.1, -0.05) is 48.5 Å². The molecule has 1 amide bonds. The molecule has 3 aliphatic rings. The summed E-state index contributed by atoms with van der Waals surface area (Å²) < 4.78 is 85.8. The average molecular weight is 853 g/mol. The van der Waals surface area contributed by atoms with Gasteiger partial charge in [-0.15, -0.1) is 0 Å². The van der Waals surface area contributed by atoms with Crippen LogP contribution in [0.4, 0.5) is 29.7 Å². The number of halogens is 3. The number of aryl methyl sites for hydroxylation is 1. The molecular formula is C41H47F3N8O7S. The highest BCUT2D eigenvalue weighted by Gasteiger charge is 2.51. The molecule has 3 aliphatic heterocycles. The number of esters is 1. The van der Waals surface area contributed by atoms with Crippen molar-refractivity contribution in [3.8, 4) is 11.6 Å². The molecule has 4 aromatic rings. The molecule has 60 heavy (non-hydrogen) atoms. The third kappa shape index (κ3) is 9.84. The number of likely N-dealkylation sites (tertiary alicyclic amines) is 1. The van der Waals surface area contributed by atoms with E-state index in [1.54, 1.807) is 43.1 Å². The zero-order chi connectivity index (χ0) is 42.6. The van der Waals surface area contributed by atoms with Crippen LogP contribution in [0.5, 0.6) is 5.88 Å². The monoisotopic (exact) mass is 852 g/mol. The number of carbonyl (C=O) groups is 2. The molecule has 2 N–H and O–H groups in total. The van der Waals surface area contributed by atoms with Gasteiger partial charge in [-0.2, -0.15) is 28.2 Å². The molecule has 15 nitrogen and oxygen atoms in total. The van der Waals surface area contributed by atoms with Crippen LogP contribution in [0.1, 0.15) is 61.1 Å². The maximum Gasteiger partial charge on any atom is 0.429 e. The molecule has 7 rings (SSSR count). The Morgan fingerprint density at radius 3 is 2.43 bits per heavy atom. The summed E-state index contributed by atoms with van der Waals surface area (Å²) in [7, 11) is -2.58. The number of carbonyl (C=O) groups excluding carboxylic acids is 2. The zero-order valence-electron chi connectivity index (χ0n) is 33.2. The molecular weight excluding hydrogens is 806 g/mol. The van der Waals surface area contributed by atoms with E-state index >= 15 is 13.2 Å². The molecule has 320 valence electrons. The number of nitrogen functional groups attached to an aromatic ring is 1. The van der Waals surface area contributed by atoms with E-state index in [0.29, 0.717) is 63.1 Å². The van der Waals surface area contributed by atoms with Crippen molar-refractivity contribution >= 4 is 40.1 Å². The Kier molecular flexibility index (Phi) is 12.6. The van der Waals surface area contributed by atoms with Crippen LogP contribution in [0.15, 0.2) is 72.9 Å². The van der Waals surface area contributed by atoms with Gasteiger partial charge < -0.3 is 24.8 Å². The second-order valence-electron chi connectivity index (χ2n) is 15.3. The molecule has 0 saturated carbocycles. The summed E-state index contributed by atoms with van der Waals surface area (Å²) in [6.07, 6.45) is -2.61. The normalized spacial score (nSPS) is 18.7. The summed E-state index contributed by atoms with van der Waals surface area (Å²) in [6, 6.07) is 16.0. The van der Waals surface area contributed by atoms with Gasteiger partial charge in [0.25, 0.3) is 0 Å². The third-order valence-electron chi connectivity index (χ3n) is 11.2. The van der Waals surface area contributed by atoms with Crippen molar-refractivity contribution in [3.05, 3.63) is 95.3 Å². The van der Waals surface area contributed by atoms with E-state index in [1.165, 1.54) is 21.7 Å². The molecule has 2 aromatic carbocycles. The number of piperidine rings is 1. The summed E-state index contributed by atoms with van der Waals surface area (Å²) in [5.74, 6) is -0.969. The lowest BCUT2D eigenvalue weighted by atomic mass is 9.76. The van der Waals surface area contributed by atoms with Gasteiger partial charge in [-0.3, -0.25) is 9.80 Å². The van der Waals surface area contributed by atoms with E-state index in [9.17, 15) is 18.0 Å². The molecule has 1 unspecified atom stereocenters. The highest BCUT2D eigenvalue weighted by Crippen LogP contribution is 2.45. The number of anilines is 2. The van der Waals surface area contributed by atoms with Crippen LogP contribution in [-0.2, 0) is 31.6 Å². The van der Waals surface area contributed by atoms with Crippen LogP contribution in [0.3, 0.4) is 0 Å². The van der Waals surface area contributed by atoms with Crippen LogP contribution < -0.4 is 15.4 Å². The number of nitrogens with two attached hydrogens (primary N) is 1. The number of alkyl halides is 3. The second kappa shape index (κ2) is 17.9. The molecule has 2 aromatic heterocycles. The minimum Gasteiger partial charge on any atom is -0.464 e. The molecule has 2 saturated heterocycles. The lowest BCUT2D eigenvalue weighted by molar-refractivity contribution is -0.198. The summed E-state index contributed by atoms with van der Waals surface area (Å²) in [4.78, 5) is 39.9. The number of nitrogens with zero attached hydrogens (tertiary/aromatic N) is 7. The Labute approximate surface area is 346 Å². The largest absolute Gasteiger partial charge is 0.464 e. The first-order chi connectivity index (χ1) is 28.7. The molecule has 0 radical (unpaired) electrons. The fraction of sp³-hybridized carbons (Fsp3) is 0.439. The van der Waals surface area contributed by atoms with Crippen LogP contribution in [0.2, 0.25) is 0 Å². The second-order valence-corrected chi connectivity index (χ2v) is 16.2. The summed E-state index contributed by atoms with van der Waals surface area (Å²) >= 11 is 0. The van der Waals surface area contributed by atoms with Crippen molar-refractivity contribution in [1.29, 1.82) is 0 Å². The van der Waals surface area contributed by atoms with Crippen molar-refractivity contribution in [1.82, 2.24) is 29.5 Å². The highest BCUT2D eigenvalue weighted by atomic mass is 32.2. The standard InChI is InChI=1S/C41H47F3N8O7S/c1-3-57-37(53)33-23-40(25-51(33)39(54)58-24-28-7-5-4-6-8-28)14-19-50(20-15-40)34-22-35(47-38(45)46-34)59-36(41(42,43)44)31-10-9-30(21-32(31)52-18-11-27(2)48-52)29-12-16-49(17-13-29)26-60(55)56/h4-12,18,21-22,33,36,60H,3,13-17,19-20,23-26H2,1-2H3,(H2,45,46,47)/t33?,36-/m1/s1. The molecule has 0 bridgehead atoms. The van der Waals surface area contributed by atoms with Crippen molar-refractivity contribution in [2.45, 2.75) is 64.5 Å². The van der Waals surface area contributed by atoms with Gasteiger partial charge in [0.1, 0.15) is 18.5 Å². The summed E-state index contributed by atoms with van der Waals surface area (Å²) in [6.45, 7) is 5.56. The van der Waals surface area contributed by atoms with E-state index in [2.05, 4.69) is 15.1 Å². The van der Waals surface area contributed by atoms with Crippen molar-refractivity contribution < 1.29 is 45.4 Å². The van der Waals surface area contributed by atoms with Crippen molar-refractivity contribution in [3.63, 3.8) is 0 Å². The Bertz CT molecular complexity index is 2290. The number of amides is 1. The van der Waals surface area contributed by atoms with E-state index in [-0.39, 0.29) is 54.5 Å². The first kappa shape index (κ1) is 42.4. The molecule has 2 fully saturated rings. The van der Waals surface area contributed by atoms with Crippen LogP contribution in [-0.4, -0.2) is 107 Å². The minimum absolute atomic E-state index is 0.0466. The number of benzene rings is 2. The SMILES string of the molecule is CCOC(=O)C1CC2(CCN(c3cc(O[C@H](c4ccc(C5=CCN(C[SH](=O)=O)CC5)cc4-n4ccc(C)n4)C(F)(F)F)nc(N)n3)CC2)CN1C(=O)OCc1ccccc1. The zero-order valence-corrected chi connectivity index (χ0v) is 34.1. The van der Waals surface area contributed by atoms with Gasteiger partial charge in [-0.05, 0) is 73.8 Å². The fourth-order valence-electron chi connectivity index (χ4n) is 8.13. The van der Waals surface area contributed by atoms with Crippen LogP contribution in [0, 0.1) is 12.3 Å². The van der Waals surface area contributed by atoms with E-state index in [0.717, 1.165) is 11.1 Å². The van der Waals surface area contributed by atoms with Crippen LogP contribution in [0.25, 0.3) is 11.3 Å². The molecule has 5 heterocycles. The maximum atomic E-state index is 15.1. The third-order valence-corrected chi connectivity index (χ3v) is 11.8. The predicted octanol–water partition coefficient (Wildman–Crippen LogP) is 5.45. The van der Waals surface area contributed by atoms with E-state index in [1.807, 2.05) is 41.3 Å². The van der Waals surface area contributed by atoms with Gasteiger partial charge in [0.2, 0.25) is 17.9 Å². The first-order valence-corrected chi connectivity index (χ1v) is 21.0. The predicted molar refractivity (Wildman–Crippen MR) is 216 cm³/mol. The van der Waals surface area contributed by atoms with Gasteiger partial charge in [0, 0.05) is 50.6 Å². The first-order valence-electron chi connectivity index (χ1n) is 19.7. The van der Waals surface area contributed by atoms with E-state index in [4.69, 9.17) is 19.9 Å². The number of hydrogen-bond donors (Lipinski definition) is 2. The Morgan fingerprint density at radius 2 is 1.78 bits per heavy atom. The quantitative estimate of drug-likeness (QED) is 0.136. The minimum atomic E-state index is -4.90. The lowest BCUT2D eigenvalue weighted by Crippen LogP contribution is -2.43. The Balaban J connectivity index is 1.10. The number of hydrogen-bond acceptors (Lipinski definition) is 13. The average Bonchev–Trinajstić information content (AvgIpc) is 3.83. The smallest absolute Gasteiger partial charge is 0.429 e. The van der Waals surface area contributed by atoms with Gasteiger partial charge in [-0.25, -0.2) is 22.7 Å². The maximum absolute atomic E-state index is 15.1. The van der Waals surface area contributed by atoms with E-state index < -0.39 is 46.5 Å². The molecule has 0 aliphatic carbocycles. The Hall–Kier alpha value is -5.69. The number of thiol groups is 1. The summed E-state index contributed by atoms with van der Waals surface area (Å²) in [5.41, 5.74) is 8.53. The number of rotatable bonds is 12. The van der Waals surface area contributed by atoms with Crippen molar-refractivity contribution in [2.75, 3.05) is 55.8 Å². The number of aromatic nitrogens is 4. The number of ether oxygens (including phenoxy) is 3.